The van der Waals surface area contributed by atoms with Gasteiger partial charge in [-0.15, -0.1) is 0 Å². The molecule has 2 nitrogen and oxygen atoms in total. The second-order valence-electron chi connectivity index (χ2n) is 1.66. The smallest absolute Gasteiger partial charge is 0.670 e. The first-order chi connectivity index (χ1) is 6.00. The topological polar surface area (TPSA) is 28.2 Å². The van der Waals surface area contributed by atoms with E-state index >= 15 is 0 Å². The molecule has 0 aliphatic carbocycles. The van der Waals surface area contributed by atoms with Crippen molar-refractivity contribution in [3.63, 3.8) is 0 Å². The average Bonchev–Trinajstić information content (AvgIpc) is 2.87. The molecule has 0 saturated carbocycles. The third kappa shape index (κ3) is 11.2. The van der Waals surface area contributed by atoms with Crippen molar-refractivity contribution < 1.29 is 19.5 Å². The molecule has 0 unspecified atom stereocenters. The summed E-state index contributed by atoms with van der Waals surface area (Å²) in [6.45, 7) is 5.00. The quantitative estimate of drug-likeness (QED) is 0.537. The van der Waals surface area contributed by atoms with Crippen LogP contribution in [-0.2, 0) is 19.5 Å². The van der Waals surface area contributed by atoms with Gasteiger partial charge < -0.3 is 16.9 Å². The normalized spacial score (nSPS) is 6.62. The molecular formula is C10H13N2Ru. The molecule has 0 fully saturated rings. The van der Waals surface area contributed by atoms with Gasteiger partial charge in [-0.1, -0.05) is 24.3 Å². The second-order valence-corrected chi connectivity index (χ2v) is 1.66. The molecule has 0 aromatic carbocycles. The molecular weight excluding hydrogens is 249 g/mol. The Bertz CT molecular complexity index is 152. The Labute approximate surface area is 92.5 Å². The molecule has 0 amide bonds. The van der Waals surface area contributed by atoms with Crippen molar-refractivity contribution in [1.29, 1.82) is 0 Å². The molecule has 0 aliphatic rings. The Morgan fingerprint density at radius 2 is 0.923 bits per heavy atom. The first kappa shape index (κ1) is 14.7. The van der Waals surface area contributed by atoms with Gasteiger partial charge in [0.25, 0.3) is 0 Å². The van der Waals surface area contributed by atoms with Crippen LogP contribution in [0.5, 0.6) is 0 Å². The average molecular weight is 262 g/mol. The van der Waals surface area contributed by atoms with Gasteiger partial charge in [-0.3, -0.25) is 0 Å². The largest absolute Gasteiger partial charge is 3.00 e. The molecule has 0 aliphatic heterocycles. The molecule has 2 aromatic heterocycles. The van der Waals surface area contributed by atoms with E-state index < -0.39 is 0 Å². The Morgan fingerprint density at radius 1 is 0.692 bits per heavy atom. The van der Waals surface area contributed by atoms with Crippen LogP contribution in [0, 0.1) is 6.92 Å². The molecule has 0 atom stereocenters. The molecule has 2 heterocycles. The zero-order chi connectivity index (χ0) is 9.07. The molecule has 3 heteroatoms. The summed E-state index contributed by atoms with van der Waals surface area (Å²) in [5, 5.41) is 0. The standard InChI is InChI=1S/2C4H4N.C2H5.Ru/c2*1-2-4-5-3-1;1-2;/h2*1-4H;1H2,2H3;/q3*-1;+3. The van der Waals surface area contributed by atoms with Crippen LogP contribution < -0.4 is 9.97 Å². The minimum atomic E-state index is 0. The van der Waals surface area contributed by atoms with E-state index in [4.69, 9.17) is 0 Å². The summed E-state index contributed by atoms with van der Waals surface area (Å²) in [4.78, 5) is 7.44. The summed E-state index contributed by atoms with van der Waals surface area (Å²) in [6, 6.07) is 7.56. The van der Waals surface area contributed by atoms with Crippen LogP contribution in [0.2, 0.25) is 0 Å². The molecule has 71 valence electrons. The summed E-state index contributed by atoms with van der Waals surface area (Å²) >= 11 is 0. The molecule has 13 heavy (non-hydrogen) atoms. The molecule has 0 bridgehead atoms. The van der Waals surface area contributed by atoms with Crippen molar-refractivity contribution >= 4 is 0 Å². The van der Waals surface area contributed by atoms with Crippen molar-refractivity contribution in [3.8, 4) is 0 Å². The van der Waals surface area contributed by atoms with Gasteiger partial charge in [-0.05, 0) is 0 Å². The van der Waals surface area contributed by atoms with Gasteiger partial charge in [0, 0.05) is 0 Å². The predicted molar refractivity (Wildman–Crippen MR) is 50.6 cm³/mol. The van der Waals surface area contributed by atoms with Crippen molar-refractivity contribution in [2.75, 3.05) is 0 Å². The summed E-state index contributed by atoms with van der Waals surface area (Å²) in [5.74, 6) is 0. The van der Waals surface area contributed by atoms with E-state index in [1.165, 1.54) is 0 Å². The zero-order valence-corrected chi connectivity index (χ0v) is 9.31. The van der Waals surface area contributed by atoms with Crippen molar-refractivity contribution in [2.45, 2.75) is 6.92 Å². The van der Waals surface area contributed by atoms with Crippen LogP contribution in [-0.4, -0.2) is 0 Å². The predicted octanol–water partition coefficient (Wildman–Crippen LogP) is 2.13. The van der Waals surface area contributed by atoms with Crippen molar-refractivity contribution in [3.05, 3.63) is 56.0 Å². The first-order valence-corrected chi connectivity index (χ1v) is 3.74. The Morgan fingerprint density at radius 3 is 1.00 bits per heavy atom. The Balaban J connectivity index is 0. The fourth-order valence-corrected chi connectivity index (χ4v) is 0.497. The maximum Gasteiger partial charge on any atom is 3.00 e. The van der Waals surface area contributed by atoms with Crippen molar-refractivity contribution in [2.24, 2.45) is 0 Å². The first-order valence-electron chi connectivity index (χ1n) is 3.74. The zero-order valence-electron chi connectivity index (χ0n) is 7.57. The van der Waals surface area contributed by atoms with Crippen LogP contribution in [0.15, 0.2) is 49.1 Å². The summed E-state index contributed by atoms with van der Waals surface area (Å²) < 4.78 is 0. The van der Waals surface area contributed by atoms with Gasteiger partial charge in [0.05, 0.1) is 0 Å². The summed E-state index contributed by atoms with van der Waals surface area (Å²) in [6.07, 6.45) is 7.00. The monoisotopic (exact) mass is 263 g/mol. The molecule has 1 radical (unpaired) electrons. The van der Waals surface area contributed by atoms with E-state index in [1.807, 2.05) is 24.3 Å². The van der Waals surface area contributed by atoms with E-state index in [9.17, 15) is 0 Å². The van der Waals surface area contributed by atoms with Gasteiger partial charge >= 0.3 is 19.5 Å². The molecule has 0 spiro atoms. The van der Waals surface area contributed by atoms with Gasteiger partial charge in [-0.2, -0.15) is 31.7 Å². The Kier molecular flexibility index (Phi) is 15.5. The number of hydrogen-bond donors (Lipinski definition) is 0. The molecule has 0 N–H and O–H groups in total. The maximum absolute atomic E-state index is 3.72. The number of rotatable bonds is 0. The second kappa shape index (κ2) is 13.8. The van der Waals surface area contributed by atoms with Gasteiger partial charge in [0.2, 0.25) is 0 Å². The van der Waals surface area contributed by atoms with Crippen LogP contribution >= 0.6 is 0 Å². The van der Waals surface area contributed by atoms with Crippen LogP contribution in [0.4, 0.5) is 0 Å². The minimum Gasteiger partial charge on any atom is -0.670 e. The minimum absolute atomic E-state index is 0. The third-order valence-corrected chi connectivity index (χ3v) is 0.911. The maximum atomic E-state index is 3.72. The van der Waals surface area contributed by atoms with Crippen LogP contribution in [0.3, 0.4) is 0 Å². The number of aromatic nitrogens is 2. The number of nitrogens with zero attached hydrogens (tertiary/aromatic N) is 2. The summed E-state index contributed by atoms with van der Waals surface area (Å²) in [7, 11) is 0. The Hall–Kier alpha value is -0.817. The van der Waals surface area contributed by atoms with Crippen LogP contribution in [0.1, 0.15) is 6.92 Å². The van der Waals surface area contributed by atoms with Crippen LogP contribution in [0.25, 0.3) is 0 Å². The van der Waals surface area contributed by atoms with E-state index in [-0.39, 0.29) is 19.5 Å². The SMILES string of the molecule is [CH2-]C.[Ru+3].c1cc[n-]c1.c1cc[n-]c1. The van der Waals surface area contributed by atoms with Gasteiger partial charge in [-0.25, -0.2) is 0 Å². The van der Waals surface area contributed by atoms with E-state index in [2.05, 4.69) is 16.9 Å². The summed E-state index contributed by atoms with van der Waals surface area (Å²) in [5.41, 5.74) is 0. The van der Waals surface area contributed by atoms with E-state index in [0.717, 1.165) is 0 Å². The fourth-order valence-electron chi connectivity index (χ4n) is 0.497. The third-order valence-electron chi connectivity index (χ3n) is 0.911. The molecule has 0 saturated heterocycles. The van der Waals surface area contributed by atoms with E-state index in [1.54, 1.807) is 31.7 Å². The van der Waals surface area contributed by atoms with E-state index in [0.29, 0.717) is 0 Å². The number of hydrogen-bond acceptors (Lipinski definition) is 0. The van der Waals surface area contributed by atoms with Gasteiger partial charge in [0.1, 0.15) is 0 Å². The van der Waals surface area contributed by atoms with Crippen molar-refractivity contribution in [1.82, 2.24) is 9.97 Å². The molecule has 2 aromatic rings. The molecule has 2 rings (SSSR count). The fraction of sp³-hybridized carbons (Fsp3) is 0.100. The van der Waals surface area contributed by atoms with Gasteiger partial charge in [0.15, 0.2) is 0 Å².